The molecule has 0 aliphatic heterocycles. The Hall–Kier alpha value is -1.56. The Labute approximate surface area is 163 Å². The van der Waals surface area contributed by atoms with E-state index in [0.29, 0.717) is 6.42 Å². The molecule has 2 atom stereocenters. The average Bonchev–Trinajstić information content (AvgIpc) is 3.09. The highest BCUT2D eigenvalue weighted by Gasteiger charge is 2.31. The van der Waals surface area contributed by atoms with E-state index in [1.54, 1.807) is 0 Å². The smallest absolute Gasteiger partial charge is 0.289 e. The SMILES string of the molecule is CCCC(NC(C)(C)C)C(=O)C(=O)NCC(=O)CC(C(C)=O)C1CCCC1. The zero-order valence-corrected chi connectivity index (χ0v) is 17.5. The molecule has 1 amide bonds. The monoisotopic (exact) mass is 380 g/mol. The van der Waals surface area contributed by atoms with Crippen LogP contribution in [0.15, 0.2) is 0 Å². The third-order valence-corrected chi connectivity index (χ3v) is 5.11. The van der Waals surface area contributed by atoms with Crippen molar-refractivity contribution >= 4 is 23.3 Å². The van der Waals surface area contributed by atoms with Gasteiger partial charge in [0.1, 0.15) is 5.78 Å². The van der Waals surface area contributed by atoms with Crippen LogP contribution in [0.3, 0.4) is 0 Å². The molecule has 6 heteroatoms. The van der Waals surface area contributed by atoms with Crippen LogP contribution in [0.4, 0.5) is 0 Å². The average molecular weight is 381 g/mol. The van der Waals surface area contributed by atoms with E-state index >= 15 is 0 Å². The highest BCUT2D eigenvalue weighted by atomic mass is 16.2. The van der Waals surface area contributed by atoms with Gasteiger partial charge in [0.05, 0.1) is 12.6 Å². The van der Waals surface area contributed by atoms with Gasteiger partial charge in [-0.15, -0.1) is 0 Å². The van der Waals surface area contributed by atoms with E-state index in [1.165, 1.54) is 6.92 Å². The Morgan fingerprint density at radius 1 is 1.07 bits per heavy atom. The third-order valence-electron chi connectivity index (χ3n) is 5.11. The molecule has 0 spiro atoms. The number of hydrogen-bond acceptors (Lipinski definition) is 5. The van der Waals surface area contributed by atoms with Gasteiger partial charge in [0.15, 0.2) is 5.78 Å². The largest absolute Gasteiger partial charge is 0.342 e. The number of carbonyl (C=O) groups excluding carboxylic acids is 4. The molecule has 0 aromatic rings. The van der Waals surface area contributed by atoms with Gasteiger partial charge in [0.2, 0.25) is 5.78 Å². The minimum absolute atomic E-state index is 0.0371. The van der Waals surface area contributed by atoms with Gasteiger partial charge in [0.25, 0.3) is 5.91 Å². The normalized spacial score (nSPS) is 17.4. The highest BCUT2D eigenvalue weighted by Crippen LogP contribution is 2.33. The van der Waals surface area contributed by atoms with Crippen molar-refractivity contribution in [1.82, 2.24) is 10.6 Å². The van der Waals surface area contributed by atoms with Gasteiger partial charge in [0, 0.05) is 17.9 Å². The zero-order valence-electron chi connectivity index (χ0n) is 17.5. The summed E-state index contributed by atoms with van der Waals surface area (Å²) in [5.41, 5.74) is -0.290. The number of rotatable bonds is 11. The van der Waals surface area contributed by atoms with Crippen molar-refractivity contribution in [2.45, 2.75) is 91.1 Å². The minimum atomic E-state index is -0.737. The molecule has 1 fully saturated rings. The molecular weight excluding hydrogens is 344 g/mol. The second kappa shape index (κ2) is 10.7. The zero-order chi connectivity index (χ0) is 20.6. The molecule has 6 nitrogen and oxygen atoms in total. The molecule has 1 rings (SSSR count). The molecular formula is C21H36N2O4. The summed E-state index contributed by atoms with van der Waals surface area (Å²) in [6.45, 7) is 9.11. The van der Waals surface area contributed by atoms with Crippen LogP contribution in [0.25, 0.3) is 0 Å². The molecule has 2 unspecified atom stereocenters. The predicted molar refractivity (Wildman–Crippen MR) is 105 cm³/mol. The van der Waals surface area contributed by atoms with Crippen LogP contribution in [0.2, 0.25) is 0 Å². The van der Waals surface area contributed by atoms with E-state index in [0.717, 1.165) is 32.1 Å². The molecule has 0 heterocycles. The van der Waals surface area contributed by atoms with Crippen molar-refractivity contribution in [3.63, 3.8) is 0 Å². The molecule has 0 bridgehead atoms. The van der Waals surface area contributed by atoms with E-state index in [9.17, 15) is 19.2 Å². The summed E-state index contributed by atoms with van der Waals surface area (Å²) in [7, 11) is 0. The molecule has 2 N–H and O–H groups in total. The Kier molecular flexibility index (Phi) is 9.30. The van der Waals surface area contributed by atoms with Crippen molar-refractivity contribution in [2.75, 3.05) is 6.54 Å². The van der Waals surface area contributed by atoms with Crippen molar-refractivity contribution in [3.8, 4) is 0 Å². The van der Waals surface area contributed by atoms with E-state index in [-0.39, 0.29) is 41.9 Å². The summed E-state index contributed by atoms with van der Waals surface area (Å²) in [6, 6.07) is -0.562. The molecule has 1 aliphatic rings. The van der Waals surface area contributed by atoms with Crippen LogP contribution in [-0.2, 0) is 19.2 Å². The summed E-state index contributed by atoms with van der Waals surface area (Å²) >= 11 is 0. The van der Waals surface area contributed by atoms with Crippen molar-refractivity contribution in [3.05, 3.63) is 0 Å². The molecule has 27 heavy (non-hydrogen) atoms. The van der Waals surface area contributed by atoms with Crippen LogP contribution in [-0.4, -0.2) is 41.4 Å². The molecule has 0 radical (unpaired) electrons. The number of ketones is 3. The van der Waals surface area contributed by atoms with E-state index in [4.69, 9.17) is 0 Å². The second-order valence-corrected chi connectivity index (χ2v) is 8.79. The fraction of sp³-hybridized carbons (Fsp3) is 0.810. The van der Waals surface area contributed by atoms with E-state index in [2.05, 4.69) is 10.6 Å². The first-order valence-corrected chi connectivity index (χ1v) is 10.2. The first-order valence-electron chi connectivity index (χ1n) is 10.2. The lowest BCUT2D eigenvalue weighted by Gasteiger charge is -2.27. The van der Waals surface area contributed by atoms with Crippen molar-refractivity contribution < 1.29 is 19.2 Å². The molecule has 0 saturated heterocycles. The highest BCUT2D eigenvalue weighted by molar-refractivity contribution is 6.38. The summed E-state index contributed by atoms with van der Waals surface area (Å²) in [5, 5.41) is 5.62. The van der Waals surface area contributed by atoms with Gasteiger partial charge in [-0.25, -0.2) is 0 Å². The standard InChI is InChI=1S/C21H36N2O4/c1-6-9-18(23-21(3,4)5)19(26)20(27)22-13-16(25)12-17(14(2)24)15-10-7-8-11-15/h15,17-18,23H,6-13H2,1-5H3,(H,22,27). The molecule has 1 aliphatic carbocycles. The maximum absolute atomic E-state index is 12.4. The summed E-state index contributed by atoms with van der Waals surface area (Å²) in [4.78, 5) is 48.8. The maximum atomic E-state index is 12.4. The van der Waals surface area contributed by atoms with Gasteiger partial charge in [-0.1, -0.05) is 26.2 Å². The number of carbonyl (C=O) groups is 4. The first kappa shape index (κ1) is 23.5. The Morgan fingerprint density at radius 3 is 2.15 bits per heavy atom. The lowest BCUT2D eigenvalue weighted by Crippen LogP contribution is -2.52. The van der Waals surface area contributed by atoms with Crippen molar-refractivity contribution in [2.24, 2.45) is 11.8 Å². The quantitative estimate of drug-likeness (QED) is 0.538. The predicted octanol–water partition coefficient (Wildman–Crippen LogP) is 2.58. The van der Waals surface area contributed by atoms with Crippen LogP contribution < -0.4 is 10.6 Å². The summed E-state index contributed by atoms with van der Waals surface area (Å²) in [6.07, 6.45) is 5.66. The molecule has 0 aromatic carbocycles. The van der Waals surface area contributed by atoms with Crippen LogP contribution in [0.1, 0.15) is 79.6 Å². The Balaban J connectivity index is 2.56. The summed E-state index contributed by atoms with van der Waals surface area (Å²) < 4.78 is 0. The van der Waals surface area contributed by atoms with Gasteiger partial charge < -0.3 is 10.6 Å². The topological polar surface area (TPSA) is 92.3 Å². The van der Waals surface area contributed by atoms with Crippen LogP contribution in [0, 0.1) is 11.8 Å². The fourth-order valence-corrected chi connectivity index (χ4v) is 3.82. The first-order chi connectivity index (χ1) is 12.5. The molecule has 154 valence electrons. The lowest BCUT2D eigenvalue weighted by molar-refractivity contribution is -0.140. The van der Waals surface area contributed by atoms with E-state index < -0.39 is 17.7 Å². The van der Waals surface area contributed by atoms with Crippen LogP contribution >= 0.6 is 0 Å². The van der Waals surface area contributed by atoms with Gasteiger partial charge in [-0.3, -0.25) is 19.2 Å². The lowest BCUT2D eigenvalue weighted by atomic mass is 9.84. The van der Waals surface area contributed by atoms with E-state index in [1.807, 2.05) is 27.7 Å². The maximum Gasteiger partial charge on any atom is 0.289 e. The van der Waals surface area contributed by atoms with Gasteiger partial charge >= 0.3 is 0 Å². The third kappa shape index (κ3) is 8.33. The van der Waals surface area contributed by atoms with Gasteiger partial charge in [-0.05, 0) is 52.9 Å². The molecule has 1 saturated carbocycles. The van der Waals surface area contributed by atoms with Gasteiger partial charge in [-0.2, -0.15) is 0 Å². The van der Waals surface area contributed by atoms with Crippen LogP contribution in [0.5, 0.6) is 0 Å². The summed E-state index contributed by atoms with van der Waals surface area (Å²) in [5.74, 6) is -1.43. The Bertz CT molecular complexity index is 545. The fourth-order valence-electron chi connectivity index (χ4n) is 3.82. The Morgan fingerprint density at radius 2 is 1.67 bits per heavy atom. The number of hydrogen-bond donors (Lipinski definition) is 2. The number of amides is 1. The van der Waals surface area contributed by atoms with Crippen molar-refractivity contribution in [1.29, 1.82) is 0 Å². The number of Topliss-reactive ketones (excluding diaryl/α,β-unsaturated/α-hetero) is 3. The second-order valence-electron chi connectivity index (χ2n) is 8.79. The number of nitrogens with one attached hydrogen (secondary N) is 2. The molecule has 0 aromatic heterocycles. The minimum Gasteiger partial charge on any atom is -0.342 e.